The topological polar surface area (TPSA) is 76.1 Å². The summed E-state index contributed by atoms with van der Waals surface area (Å²) in [4.78, 5) is 20.7. The maximum absolute atomic E-state index is 13.7. The number of benzene rings is 2. The maximum atomic E-state index is 13.7. The molecule has 0 saturated carbocycles. The van der Waals surface area contributed by atoms with Gasteiger partial charge in [-0.2, -0.15) is 4.98 Å². The molecule has 0 aliphatic carbocycles. The van der Waals surface area contributed by atoms with Gasteiger partial charge in [-0.1, -0.05) is 12.1 Å². The van der Waals surface area contributed by atoms with Crippen LogP contribution in [0, 0.1) is 12.7 Å². The molecule has 0 atom stereocenters. The third-order valence-electron chi connectivity index (χ3n) is 3.64. The number of rotatable bonds is 6. The van der Waals surface area contributed by atoms with Crippen molar-refractivity contribution >= 4 is 23.1 Å². The number of hydrogen-bond donors (Lipinski definition) is 2. The van der Waals surface area contributed by atoms with E-state index in [2.05, 4.69) is 20.6 Å². The minimum absolute atomic E-state index is 0.000356. The number of anilines is 3. The van der Waals surface area contributed by atoms with Gasteiger partial charge in [0.25, 0.3) is 5.91 Å². The van der Waals surface area contributed by atoms with Gasteiger partial charge in [0.15, 0.2) is 0 Å². The number of amides is 1. The zero-order chi connectivity index (χ0) is 19.2. The van der Waals surface area contributed by atoms with Gasteiger partial charge in [0.05, 0.1) is 12.2 Å². The minimum atomic E-state index is -0.558. The number of ether oxygens (including phenoxy) is 1. The molecule has 2 aromatic carbocycles. The molecule has 3 aromatic rings. The lowest BCUT2D eigenvalue weighted by atomic mass is 10.2. The zero-order valence-corrected chi connectivity index (χ0v) is 15.0. The molecular weight excluding hydrogens is 347 g/mol. The van der Waals surface area contributed by atoms with Crippen LogP contribution in [-0.2, 0) is 0 Å². The lowest BCUT2D eigenvalue weighted by Gasteiger charge is -2.10. The highest BCUT2D eigenvalue weighted by Gasteiger charge is 2.11. The average Bonchev–Trinajstić information content (AvgIpc) is 2.63. The van der Waals surface area contributed by atoms with Crippen LogP contribution in [0.3, 0.4) is 0 Å². The van der Waals surface area contributed by atoms with Crippen LogP contribution >= 0.6 is 0 Å². The molecule has 0 aliphatic heterocycles. The summed E-state index contributed by atoms with van der Waals surface area (Å²) in [7, 11) is 0. The zero-order valence-electron chi connectivity index (χ0n) is 15.0. The predicted octanol–water partition coefficient (Wildman–Crippen LogP) is 4.32. The van der Waals surface area contributed by atoms with Gasteiger partial charge < -0.3 is 15.4 Å². The van der Waals surface area contributed by atoms with E-state index in [1.54, 1.807) is 49.4 Å². The smallest absolute Gasteiger partial charge is 0.258 e. The summed E-state index contributed by atoms with van der Waals surface area (Å²) in [6, 6.07) is 14.6. The van der Waals surface area contributed by atoms with Crippen molar-refractivity contribution in [2.24, 2.45) is 0 Å². The molecule has 7 heteroatoms. The third-order valence-corrected chi connectivity index (χ3v) is 3.64. The van der Waals surface area contributed by atoms with Crippen molar-refractivity contribution in [1.29, 1.82) is 0 Å². The van der Waals surface area contributed by atoms with E-state index < -0.39 is 11.7 Å². The molecule has 0 fully saturated rings. The van der Waals surface area contributed by atoms with Crippen LogP contribution in [-0.4, -0.2) is 22.5 Å². The first-order chi connectivity index (χ1) is 13.0. The first-order valence-electron chi connectivity index (χ1n) is 8.46. The van der Waals surface area contributed by atoms with Crippen molar-refractivity contribution in [1.82, 2.24) is 9.97 Å². The molecule has 0 saturated heterocycles. The Hall–Kier alpha value is -3.48. The standard InChI is InChI=1S/C20H19FN4O2/c1-3-27-19-12-18(22-13(2)23-19)24-14-8-10-15(11-9-14)25-20(26)16-6-4-5-7-17(16)21/h4-12H,3H2,1-2H3,(H,25,26)(H,22,23,24). The highest BCUT2D eigenvalue weighted by atomic mass is 19.1. The fraction of sp³-hybridized carbons (Fsp3) is 0.150. The van der Waals surface area contributed by atoms with Gasteiger partial charge in [0.1, 0.15) is 17.5 Å². The Balaban J connectivity index is 1.69. The number of carbonyl (C=O) groups excluding carboxylic acids is 1. The van der Waals surface area contributed by atoms with E-state index in [0.29, 0.717) is 29.8 Å². The number of nitrogens with one attached hydrogen (secondary N) is 2. The van der Waals surface area contributed by atoms with Crippen molar-refractivity contribution in [3.8, 4) is 5.88 Å². The fourth-order valence-corrected chi connectivity index (χ4v) is 2.45. The number of nitrogens with zero attached hydrogens (tertiary/aromatic N) is 2. The Morgan fingerprint density at radius 3 is 2.48 bits per heavy atom. The van der Waals surface area contributed by atoms with Gasteiger partial charge in [-0.3, -0.25) is 4.79 Å². The van der Waals surface area contributed by atoms with Gasteiger partial charge in [-0.15, -0.1) is 0 Å². The average molecular weight is 366 g/mol. The Labute approximate surface area is 156 Å². The van der Waals surface area contributed by atoms with Crippen LogP contribution in [0.4, 0.5) is 21.6 Å². The largest absolute Gasteiger partial charge is 0.478 e. The molecule has 0 unspecified atom stereocenters. The van der Waals surface area contributed by atoms with E-state index in [9.17, 15) is 9.18 Å². The summed E-state index contributed by atoms with van der Waals surface area (Å²) in [6.45, 7) is 4.19. The number of halogens is 1. The Morgan fingerprint density at radius 2 is 1.78 bits per heavy atom. The van der Waals surface area contributed by atoms with Crippen molar-refractivity contribution in [3.63, 3.8) is 0 Å². The Bertz CT molecular complexity index is 945. The molecule has 0 aliphatic rings. The second kappa shape index (κ2) is 8.27. The summed E-state index contributed by atoms with van der Waals surface area (Å²) < 4.78 is 19.1. The molecule has 3 rings (SSSR count). The minimum Gasteiger partial charge on any atom is -0.478 e. The third kappa shape index (κ3) is 4.78. The quantitative estimate of drug-likeness (QED) is 0.679. The van der Waals surface area contributed by atoms with Gasteiger partial charge in [0.2, 0.25) is 5.88 Å². The number of aryl methyl sites for hydroxylation is 1. The summed E-state index contributed by atoms with van der Waals surface area (Å²) in [6.07, 6.45) is 0. The lowest BCUT2D eigenvalue weighted by molar-refractivity contribution is 0.102. The van der Waals surface area contributed by atoms with E-state index in [1.165, 1.54) is 12.1 Å². The Morgan fingerprint density at radius 1 is 1.07 bits per heavy atom. The lowest BCUT2D eigenvalue weighted by Crippen LogP contribution is -2.13. The predicted molar refractivity (Wildman–Crippen MR) is 102 cm³/mol. The summed E-state index contributed by atoms with van der Waals surface area (Å²) in [5, 5.41) is 5.83. The molecule has 1 amide bonds. The van der Waals surface area contributed by atoms with Crippen LogP contribution in [0.15, 0.2) is 54.6 Å². The Kier molecular flexibility index (Phi) is 5.61. The molecule has 6 nitrogen and oxygen atoms in total. The van der Waals surface area contributed by atoms with E-state index in [0.717, 1.165) is 5.69 Å². The normalized spacial score (nSPS) is 10.3. The van der Waals surface area contributed by atoms with Crippen LogP contribution in [0.1, 0.15) is 23.1 Å². The van der Waals surface area contributed by atoms with Gasteiger partial charge in [0, 0.05) is 17.4 Å². The number of aromatic nitrogens is 2. The van der Waals surface area contributed by atoms with Gasteiger partial charge in [-0.05, 0) is 50.2 Å². The van der Waals surface area contributed by atoms with Crippen molar-refractivity contribution in [3.05, 3.63) is 71.8 Å². The highest BCUT2D eigenvalue weighted by Crippen LogP contribution is 2.21. The number of hydrogen-bond acceptors (Lipinski definition) is 5. The SMILES string of the molecule is CCOc1cc(Nc2ccc(NC(=O)c3ccccc3F)cc2)nc(C)n1. The monoisotopic (exact) mass is 366 g/mol. The molecule has 0 bridgehead atoms. The highest BCUT2D eigenvalue weighted by molar-refractivity contribution is 6.04. The molecule has 0 radical (unpaired) electrons. The fourth-order valence-electron chi connectivity index (χ4n) is 2.45. The van der Waals surface area contributed by atoms with Crippen molar-refractivity contribution < 1.29 is 13.9 Å². The second-order valence-corrected chi connectivity index (χ2v) is 5.71. The van der Waals surface area contributed by atoms with Crippen LogP contribution in [0.25, 0.3) is 0 Å². The number of carbonyl (C=O) groups is 1. The summed E-state index contributed by atoms with van der Waals surface area (Å²) in [5.74, 6) is 0.645. The van der Waals surface area contributed by atoms with E-state index in [4.69, 9.17) is 4.74 Å². The van der Waals surface area contributed by atoms with E-state index >= 15 is 0 Å². The van der Waals surface area contributed by atoms with Gasteiger partial charge in [-0.25, -0.2) is 9.37 Å². The van der Waals surface area contributed by atoms with Crippen LogP contribution < -0.4 is 15.4 Å². The second-order valence-electron chi connectivity index (χ2n) is 5.71. The first kappa shape index (κ1) is 18.3. The molecule has 2 N–H and O–H groups in total. The molecule has 0 spiro atoms. The first-order valence-corrected chi connectivity index (χ1v) is 8.46. The van der Waals surface area contributed by atoms with E-state index in [-0.39, 0.29) is 5.56 Å². The maximum Gasteiger partial charge on any atom is 0.258 e. The molecule has 27 heavy (non-hydrogen) atoms. The molecular formula is C20H19FN4O2. The summed E-state index contributed by atoms with van der Waals surface area (Å²) in [5.41, 5.74) is 1.33. The van der Waals surface area contributed by atoms with Crippen molar-refractivity contribution in [2.75, 3.05) is 17.2 Å². The van der Waals surface area contributed by atoms with Gasteiger partial charge >= 0.3 is 0 Å². The molecule has 1 heterocycles. The molecule has 1 aromatic heterocycles. The summed E-state index contributed by atoms with van der Waals surface area (Å²) >= 11 is 0. The van der Waals surface area contributed by atoms with Crippen molar-refractivity contribution in [2.45, 2.75) is 13.8 Å². The van der Waals surface area contributed by atoms with Crippen LogP contribution in [0.5, 0.6) is 5.88 Å². The molecule has 138 valence electrons. The van der Waals surface area contributed by atoms with E-state index in [1.807, 2.05) is 6.92 Å². The van der Waals surface area contributed by atoms with Crippen LogP contribution in [0.2, 0.25) is 0 Å².